The second kappa shape index (κ2) is 6.42. The Balaban J connectivity index is 2.16. The highest BCUT2D eigenvalue weighted by molar-refractivity contribution is 6.30. The smallest absolute Gasteiger partial charge is 0.141 e. The molecule has 1 aromatic carbocycles. The fourth-order valence-electron chi connectivity index (χ4n) is 2.76. The molecule has 20 heavy (non-hydrogen) atoms. The predicted octanol–water partition coefficient (Wildman–Crippen LogP) is 3.83. The number of nitrogens with zero attached hydrogens (tertiary/aromatic N) is 1. The summed E-state index contributed by atoms with van der Waals surface area (Å²) in [6.07, 6.45) is 2.21. The van der Waals surface area contributed by atoms with E-state index in [2.05, 4.69) is 31.0 Å². The average molecular weight is 299 g/mol. The van der Waals surface area contributed by atoms with Gasteiger partial charge in [-0.15, -0.1) is 0 Å². The first kappa shape index (κ1) is 15.7. The van der Waals surface area contributed by atoms with Crippen LogP contribution in [0.5, 0.6) is 0 Å². The van der Waals surface area contributed by atoms with E-state index >= 15 is 0 Å². The standard InChI is InChI=1S/C16H24ClFN2/c1-4-13-10-20(16(3,5-2)11-19-13)9-12-6-7-15(18)14(17)8-12/h6-8,13,19H,4-5,9-11H2,1-3H3. The molecule has 0 saturated carbocycles. The number of benzene rings is 1. The van der Waals surface area contributed by atoms with Crippen molar-refractivity contribution in [3.63, 3.8) is 0 Å². The van der Waals surface area contributed by atoms with Crippen LogP contribution in [0.15, 0.2) is 18.2 Å². The van der Waals surface area contributed by atoms with Crippen molar-refractivity contribution in [1.29, 1.82) is 0 Å². The van der Waals surface area contributed by atoms with E-state index in [0.717, 1.165) is 38.0 Å². The Morgan fingerprint density at radius 1 is 1.45 bits per heavy atom. The van der Waals surface area contributed by atoms with Crippen molar-refractivity contribution in [2.24, 2.45) is 0 Å². The molecule has 2 atom stereocenters. The minimum atomic E-state index is -0.347. The van der Waals surface area contributed by atoms with Gasteiger partial charge >= 0.3 is 0 Å². The Labute approximate surface area is 126 Å². The van der Waals surface area contributed by atoms with E-state index in [0.29, 0.717) is 6.04 Å². The molecular formula is C16H24ClFN2. The molecule has 0 amide bonds. The van der Waals surface area contributed by atoms with Crippen LogP contribution in [0.3, 0.4) is 0 Å². The van der Waals surface area contributed by atoms with E-state index in [4.69, 9.17) is 11.6 Å². The van der Waals surface area contributed by atoms with E-state index in [-0.39, 0.29) is 16.4 Å². The van der Waals surface area contributed by atoms with Gasteiger partial charge in [0.15, 0.2) is 0 Å². The Morgan fingerprint density at radius 3 is 2.80 bits per heavy atom. The molecule has 0 aromatic heterocycles. The van der Waals surface area contributed by atoms with Crippen molar-refractivity contribution in [3.8, 4) is 0 Å². The summed E-state index contributed by atoms with van der Waals surface area (Å²) in [5.41, 5.74) is 1.22. The van der Waals surface area contributed by atoms with Gasteiger partial charge in [-0.05, 0) is 37.5 Å². The molecule has 1 aromatic rings. The number of halogens is 2. The molecule has 2 rings (SSSR count). The maximum Gasteiger partial charge on any atom is 0.141 e. The van der Waals surface area contributed by atoms with Gasteiger partial charge in [-0.1, -0.05) is 31.5 Å². The number of nitrogens with one attached hydrogen (secondary N) is 1. The fourth-order valence-corrected chi connectivity index (χ4v) is 2.97. The molecule has 1 heterocycles. The third kappa shape index (κ3) is 3.33. The predicted molar refractivity (Wildman–Crippen MR) is 82.6 cm³/mol. The molecule has 0 aliphatic carbocycles. The van der Waals surface area contributed by atoms with Gasteiger partial charge in [0.25, 0.3) is 0 Å². The zero-order valence-electron chi connectivity index (χ0n) is 12.5. The Bertz CT molecular complexity index is 466. The van der Waals surface area contributed by atoms with Gasteiger partial charge in [-0.2, -0.15) is 0 Å². The third-order valence-corrected chi connectivity index (χ3v) is 4.88. The quantitative estimate of drug-likeness (QED) is 0.909. The van der Waals surface area contributed by atoms with E-state index in [1.54, 1.807) is 6.07 Å². The third-order valence-electron chi connectivity index (χ3n) is 4.59. The van der Waals surface area contributed by atoms with Crippen LogP contribution in [0.4, 0.5) is 4.39 Å². The molecule has 112 valence electrons. The summed E-state index contributed by atoms with van der Waals surface area (Å²) in [5, 5.41) is 3.83. The van der Waals surface area contributed by atoms with Crippen LogP contribution in [-0.4, -0.2) is 29.6 Å². The molecule has 1 aliphatic rings. The highest BCUT2D eigenvalue weighted by atomic mass is 35.5. The van der Waals surface area contributed by atoms with E-state index in [1.165, 1.54) is 6.07 Å². The number of hydrogen-bond acceptors (Lipinski definition) is 2. The van der Waals surface area contributed by atoms with Gasteiger partial charge in [-0.25, -0.2) is 4.39 Å². The molecule has 0 radical (unpaired) electrons. The Morgan fingerprint density at radius 2 is 2.20 bits per heavy atom. The SMILES string of the molecule is CCC1CN(Cc2ccc(F)c(Cl)c2)C(C)(CC)CN1. The van der Waals surface area contributed by atoms with Crippen molar-refractivity contribution in [2.45, 2.75) is 51.7 Å². The molecule has 1 N–H and O–H groups in total. The van der Waals surface area contributed by atoms with Gasteiger partial charge in [0.2, 0.25) is 0 Å². The number of hydrogen-bond donors (Lipinski definition) is 1. The number of piperazine rings is 1. The summed E-state index contributed by atoms with van der Waals surface area (Å²) in [5.74, 6) is -0.347. The molecule has 1 fully saturated rings. The van der Waals surface area contributed by atoms with Gasteiger partial charge in [0.05, 0.1) is 5.02 Å². The zero-order valence-corrected chi connectivity index (χ0v) is 13.3. The Hall–Kier alpha value is -0.640. The Kier molecular flexibility index (Phi) is 5.05. The van der Waals surface area contributed by atoms with Crippen LogP contribution in [0, 0.1) is 5.82 Å². The summed E-state index contributed by atoms with van der Waals surface area (Å²) in [6.45, 7) is 9.56. The maximum absolute atomic E-state index is 13.3. The lowest BCUT2D eigenvalue weighted by Crippen LogP contribution is -2.62. The van der Waals surface area contributed by atoms with Crippen LogP contribution < -0.4 is 5.32 Å². The average Bonchev–Trinajstić information content (AvgIpc) is 2.45. The molecule has 1 saturated heterocycles. The van der Waals surface area contributed by atoms with E-state index < -0.39 is 0 Å². The van der Waals surface area contributed by atoms with Crippen LogP contribution >= 0.6 is 11.6 Å². The van der Waals surface area contributed by atoms with Crippen molar-refractivity contribution < 1.29 is 4.39 Å². The highest BCUT2D eigenvalue weighted by Gasteiger charge is 2.35. The fraction of sp³-hybridized carbons (Fsp3) is 0.625. The highest BCUT2D eigenvalue weighted by Crippen LogP contribution is 2.27. The minimum Gasteiger partial charge on any atom is -0.311 e. The van der Waals surface area contributed by atoms with Gasteiger partial charge in [-0.3, -0.25) is 4.90 Å². The molecule has 0 bridgehead atoms. The zero-order chi connectivity index (χ0) is 14.8. The van der Waals surface area contributed by atoms with Crippen LogP contribution in [0.2, 0.25) is 5.02 Å². The first-order valence-electron chi connectivity index (χ1n) is 7.41. The first-order valence-corrected chi connectivity index (χ1v) is 7.78. The minimum absolute atomic E-state index is 0.145. The lowest BCUT2D eigenvalue weighted by Gasteiger charge is -2.48. The van der Waals surface area contributed by atoms with Gasteiger partial charge in [0, 0.05) is 31.2 Å². The lowest BCUT2D eigenvalue weighted by molar-refractivity contribution is 0.0408. The van der Waals surface area contributed by atoms with Crippen molar-refractivity contribution in [3.05, 3.63) is 34.6 Å². The number of rotatable bonds is 4. The van der Waals surface area contributed by atoms with Crippen LogP contribution in [0.25, 0.3) is 0 Å². The second-order valence-corrected chi connectivity index (χ2v) is 6.37. The second-order valence-electron chi connectivity index (χ2n) is 5.97. The molecule has 2 nitrogen and oxygen atoms in total. The summed E-state index contributed by atoms with van der Waals surface area (Å²) < 4.78 is 13.3. The molecular weight excluding hydrogens is 275 g/mol. The molecule has 4 heteroatoms. The van der Waals surface area contributed by atoms with Crippen molar-refractivity contribution in [2.75, 3.05) is 13.1 Å². The molecule has 0 spiro atoms. The van der Waals surface area contributed by atoms with Crippen molar-refractivity contribution in [1.82, 2.24) is 10.2 Å². The monoisotopic (exact) mass is 298 g/mol. The van der Waals surface area contributed by atoms with Crippen LogP contribution in [0.1, 0.15) is 39.2 Å². The first-order chi connectivity index (χ1) is 9.48. The normalized spacial score (nSPS) is 27.8. The topological polar surface area (TPSA) is 15.3 Å². The maximum atomic E-state index is 13.3. The summed E-state index contributed by atoms with van der Waals surface area (Å²) in [6, 6.07) is 5.57. The van der Waals surface area contributed by atoms with Gasteiger partial charge in [0.1, 0.15) is 5.82 Å². The van der Waals surface area contributed by atoms with E-state index in [1.807, 2.05) is 6.07 Å². The largest absolute Gasteiger partial charge is 0.311 e. The molecule has 2 unspecified atom stereocenters. The lowest BCUT2D eigenvalue weighted by atomic mass is 9.91. The summed E-state index contributed by atoms with van der Waals surface area (Å²) in [7, 11) is 0. The van der Waals surface area contributed by atoms with E-state index in [9.17, 15) is 4.39 Å². The summed E-state index contributed by atoms with van der Waals surface area (Å²) >= 11 is 5.89. The van der Waals surface area contributed by atoms with Gasteiger partial charge < -0.3 is 5.32 Å². The molecule has 1 aliphatic heterocycles. The summed E-state index contributed by atoms with van der Waals surface area (Å²) in [4.78, 5) is 2.50. The van der Waals surface area contributed by atoms with Crippen LogP contribution in [-0.2, 0) is 6.54 Å². The van der Waals surface area contributed by atoms with Crippen molar-refractivity contribution >= 4 is 11.6 Å².